The largest absolute Gasteiger partial charge is 0.354 e. The molecule has 0 saturated carbocycles. The van der Waals surface area contributed by atoms with E-state index in [0.717, 1.165) is 12.2 Å². The lowest BCUT2D eigenvalue weighted by molar-refractivity contribution is -0.122. The number of amides is 1. The van der Waals surface area contributed by atoms with Crippen LogP contribution in [0.15, 0.2) is 12.5 Å². The number of rotatable bonds is 6. The summed E-state index contributed by atoms with van der Waals surface area (Å²) in [7, 11) is 1.94. The van der Waals surface area contributed by atoms with Gasteiger partial charge in [0, 0.05) is 26.3 Å². The third-order valence-corrected chi connectivity index (χ3v) is 2.58. The first-order valence-corrected chi connectivity index (χ1v) is 5.97. The Bertz CT molecular complexity index is 359. The number of imidazole rings is 1. The first kappa shape index (κ1) is 13.7. The number of aryl methyl sites for hydroxylation is 1. The molecule has 0 aliphatic heterocycles. The minimum atomic E-state index is -0.191. The highest BCUT2D eigenvalue weighted by molar-refractivity contribution is 5.81. The molecule has 0 fully saturated rings. The molecule has 1 heterocycles. The quantitative estimate of drug-likeness (QED) is 0.766. The Balaban J connectivity index is 2.31. The summed E-state index contributed by atoms with van der Waals surface area (Å²) in [5.74, 6) is 0.518. The smallest absolute Gasteiger partial charge is 0.236 e. The average molecular weight is 238 g/mol. The highest BCUT2D eigenvalue weighted by atomic mass is 16.2. The summed E-state index contributed by atoms with van der Waals surface area (Å²) < 4.78 is 1.94. The highest BCUT2D eigenvalue weighted by Crippen LogP contribution is 1.96. The van der Waals surface area contributed by atoms with E-state index < -0.39 is 0 Å². The van der Waals surface area contributed by atoms with Crippen molar-refractivity contribution in [2.24, 2.45) is 13.0 Å². The molecule has 0 aromatic carbocycles. The van der Waals surface area contributed by atoms with Crippen LogP contribution in [0.5, 0.6) is 0 Å². The Morgan fingerprint density at radius 3 is 2.71 bits per heavy atom. The molecule has 1 rings (SSSR count). The number of nitrogens with one attached hydrogen (secondary N) is 2. The van der Waals surface area contributed by atoms with Crippen LogP contribution >= 0.6 is 0 Å². The maximum Gasteiger partial charge on any atom is 0.236 e. The van der Waals surface area contributed by atoms with Crippen molar-refractivity contribution in [2.75, 3.05) is 6.54 Å². The van der Waals surface area contributed by atoms with Crippen LogP contribution in [0.2, 0.25) is 0 Å². The van der Waals surface area contributed by atoms with Crippen molar-refractivity contribution in [2.45, 2.75) is 33.4 Å². The summed E-state index contributed by atoms with van der Waals surface area (Å²) in [6, 6.07) is -0.191. The summed E-state index contributed by atoms with van der Waals surface area (Å²) in [5.41, 5.74) is 1.06. The molecule has 0 aliphatic rings. The number of carbonyl (C=O) groups is 1. The fraction of sp³-hybridized carbons (Fsp3) is 0.667. The maximum atomic E-state index is 11.7. The van der Waals surface area contributed by atoms with Gasteiger partial charge in [0.15, 0.2) is 0 Å². The summed E-state index contributed by atoms with van der Waals surface area (Å²) >= 11 is 0. The monoisotopic (exact) mass is 238 g/mol. The Hall–Kier alpha value is -1.36. The van der Waals surface area contributed by atoms with Gasteiger partial charge < -0.3 is 15.2 Å². The van der Waals surface area contributed by atoms with Gasteiger partial charge in [-0.1, -0.05) is 13.8 Å². The van der Waals surface area contributed by atoms with Gasteiger partial charge in [-0.3, -0.25) is 4.79 Å². The van der Waals surface area contributed by atoms with Gasteiger partial charge in [0.25, 0.3) is 0 Å². The molecule has 0 saturated heterocycles. The predicted octanol–water partition coefficient (Wildman–Crippen LogP) is 0.670. The van der Waals surface area contributed by atoms with E-state index in [2.05, 4.69) is 29.5 Å². The van der Waals surface area contributed by atoms with Crippen LogP contribution in [0.1, 0.15) is 26.5 Å². The standard InChI is InChI=1S/C12H22N4O/c1-9(2)5-15-12(17)10(3)14-7-11-6-13-8-16(11)4/h6,8-10,14H,5,7H2,1-4H3,(H,15,17). The topological polar surface area (TPSA) is 59.0 Å². The maximum absolute atomic E-state index is 11.7. The molecule has 1 aromatic heterocycles. The second kappa shape index (κ2) is 6.39. The van der Waals surface area contributed by atoms with Crippen molar-refractivity contribution in [3.05, 3.63) is 18.2 Å². The summed E-state index contributed by atoms with van der Waals surface area (Å²) in [6.45, 7) is 7.39. The van der Waals surface area contributed by atoms with Crippen molar-refractivity contribution in [3.63, 3.8) is 0 Å². The minimum Gasteiger partial charge on any atom is -0.354 e. The fourth-order valence-electron chi connectivity index (χ4n) is 1.36. The molecule has 1 aromatic rings. The van der Waals surface area contributed by atoms with Crippen LogP contribution in [-0.2, 0) is 18.4 Å². The lowest BCUT2D eigenvalue weighted by Crippen LogP contribution is -2.43. The average Bonchev–Trinajstić information content (AvgIpc) is 2.68. The first-order valence-electron chi connectivity index (χ1n) is 5.97. The Morgan fingerprint density at radius 1 is 1.47 bits per heavy atom. The molecular weight excluding hydrogens is 216 g/mol. The van der Waals surface area contributed by atoms with E-state index in [4.69, 9.17) is 0 Å². The number of aromatic nitrogens is 2. The van der Waals surface area contributed by atoms with Gasteiger partial charge in [0.05, 0.1) is 18.1 Å². The number of nitrogens with zero attached hydrogens (tertiary/aromatic N) is 2. The summed E-state index contributed by atoms with van der Waals surface area (Å²) in [4.78, 5) is 15.7. The molecule has 5 heteroatoms. The molecule has 1 unspecified atom stereocenters. The van der Waals surface area contributed by atoms with Gasteiger partial charge in [0.1, 0.15) is 0 Å². The third kappa shape index (κ3) is 4.56. The van der Waals surface area contributed by atoms with Gasteiger partial charge in [0.2, 0.25) is 5.91 Å². The van der Waals surface area contributed by atoms with Gasteiger partial charge in [-0.05, 0) is 12.8 Å². The van der Waals surface area contributed by atoms with Crippen molar-refractivity contribution in [1.29, 1.82) is 0 Å². The molecule has 1 amide bonds. The lowest BCUT2D eigenvalue weighted by atomic mass is 10.2. The Morgan fingerprint density at radius 2 is 2.18 bits per heavy atom. The number of hydrogen-bond donors (Lipinski definition) is 2. The second-order valence-electron chi connectivity index (χ2n) is 4.74. The van der Waals surface area contributed by atoms with Crippen LogP contribution in [-0.4, -0.2) is 28.0 Å². The highest BCUT2D eigenvalue weighted by Gasteiger charge is 2.12. The zero-order valence-electron chi connectivity index (χ0n) is 11.0. The van der Waals surface area contributed by atoms with E-state index in [9.17, 15) is 4.79 Å². The van der Waals surface area contributed by atoms with Gasteiger partial charge in [-0.25, -0.2) is 4.98 Å². The molecule has 0 radical (unpaired) electrons. The predicted molar refractivity (Wildman–Crippen MR) is 67.4 cm³/mol. The first-order chi connectivity index (χ1) is 8.00. The van der Waals surface area contributed by atoms with E-state index >= 15 is 0 Å². The molecule has 0 spiro atoms. The zero-order chi connectivity index (χ0) is 12.8. The Kier molecular flexibility index (Phi) is 5.15. The van der Waals surface area contributed by atoms with E-state index in [1.54, 1.807) is 12.5 Å². The second-order valence-corrected chi connectivity index (χ2v) is 4.74. The molecule has 2 N–H and O–H groups in total. The van der Waals surface area contributed by atoms with Crippen molar-refractivity contribution < 1.29 is 4.79 Å². The van der Waals surface area contributed by atoms with Crippen LogP contribution in [0.4, 0.5) is 0 Å². The zero-order valence-corrected chi connectivity index (χ0v) is 11.0. The third-order valence-electron chi connectivity index (χ3n) is 2.58. The lowest BCUT2D eigenvalue weighted by Gasteiger charge is -2.15. The Labute approximate surface area is 103 Å². The molecular formula is C12H22N4O. The van der Waals surface area contributed by atoms with Crippen LogP contribution in [0, 0.1) is 5.92 Å². The van der Waals surface area contributed by atoms with Crippen molar-refractivity contribution in [3.8, 4) is 0 Å². The normalized spacial score (nSPS) is 12.8. The molecule has 0 aliphatic carbocycles. The van der Waals surface area contributed by atoms with Crippen LogP contribution < -0.4 is 10.6 Å². The van der Waals surface area contributed by atoms with Gasteiger partial charge in [-0.2, -0.15) is 0 Å². The van der Waals surface area contributed by atoms with Crippen molar-refractivity contribution >= 4 is 5.91 Å². The van der Waals surface area contributed by atoms with E-state index in [-0.39, 0.29) is 11.9 Å². The van der Waals surface area contributed by atoms with Gasteiger partial charge in [-0.15, -0.1) is 0 Å². The van der Waals surface area contributed by atoms with Gasteiger partial charge >= 0.3 is 0 Å². The number of carbonyl (C=O) groups excluding carboxylic acids is 1. The van der Waals surface area contributed by atoms with E-state index in [1.165, 1.54) is 0 Å². The van der Waals surface area contributed by atoms with E-state index in [0.29, 0.717) is 12.5 Å². The number of hydrogen-bond acceptors (Lipinski definition) is 3. The molecule has 96 valence electrons. The summed E-state index contributed by atoms with van der Waals surface area (Å²) in [5, 5.41) is 6.08. The molecule has 5 nitrogen and oxygen atoms in total. The molecule has 1 atom stereocenters. The fourth-order valence-corrected chi connectivity index (χ4v) is 1.36. The molecule has 0 bridgehead atoms. The summed E-state index contributed by atoms with van der Waals surface area (Å²) in [6.07, 6.45) is 3.55. The minimum absolute atomic E-state index is 0.0425. The van der Waals surface area contributed by atoms with Crippen LogP contribution in [0.25, 0.3) is 0 Å². The van der Waals surface area contributed by atoms with Crippen LogP contribution in [0.3, 0.4) is 0 Å². The van der Waals surface area contributed by atoms with E-state index in [1.807, 2.05) is 18.5 Å². The van der Waals surface area contributed by atoms with Crippen molar-refractivity contribution in [1.82, 2.24) is 20.2 Å². The molecule has 17 heavy (non-hydrogen) atoms. The SMILES string of the molecule is CC(C)CNC(=O)C(C)NCc1cncn1C.